The summed E-state index contributed by atoms with van der Waals surface area (Å²) in [5.41, 5.74) is 0. The molecule has 0 radical (unpaired) electrons. The molecule has 0 spiro atoms. The average molecular weight is 275 g/mol. The van der Waals surface area contributed by atoms with Gasteiger partial charge in [0.05, 0.1) is 6.04 Å². The Balaban J connectivity index is 2.36. The summed E-state index contributed by atoms with van der Waals surface area (Å²) in [6.07, 6.45) is 2.47. The maximum Gasteiger partial charge on any atom is 0.326 e. The molecule has 8 heteroatoms. The maximum atomic E-state index is 11.6. The van der Waals surface area contributed by atoms with Gasteiger partial charge >= 0.3 is 12.0 Å². The molecule has 2 unspecified atom stereocenters. The minimum Gasteiger partial charge on any atom is -0.480 e. The molecule has 1 saturated heterocycles. The molecule has 1 aliphatic rings. The van der Waals surface area contributed by atoms with Crippen molar-refractivity contribution in [1.82, 2.24) is 16.0 Å². The third-order valence-corrected chi connectivity index (χ3v) is 3.17. The first-order chi connectivity index (χ1) is 8.52. The second-order valence-corrected chi connectivity index (χ2v) is 4.98. The van der Waals surface area contributed by atoms with E-state index in [1.807, 2.05) is 6.26 Å². The number of hydrogen-bond donors (Lipinski definition) is 4. The van der Waals surface area contributed by atoms with Crippen LogP contribution in [0.15, 0.2) is 0 Å². The Morgan fingerprint density at radius 2 is 2.33 bits per heavy atom. The highest BCUT2D eigenvalue weighted by atomic mass is 32.2. The van der Waals surface area contributed by atoms with Crippen molar-refractivity contribution in [1.29, 1.82) is 0 Å². The van der Waals surface area contributed by atoms with Gasteiger partial charge in [0.15, 0.2) is 0 Å². The average Bonchev–Trinajstić information content (AvgIpc) is 2.69. The van der Waals surface area contributed by atoms with E-state index in [1.54, 1.807) is 0 Å². The zero-order valence-electron chi connectivity index (χ0n) is 10.1. The van der Waals surface area contributed by atoms with Gasteiger partial charge in [-0.2, -0.15) is 11.8 Å². The smallest absolute Gasteiger partial charge is 0.326 e. The Morgan fingerprint density at radius 3 is 2.83 bits per heavy atom. The summed E-state index contributed by atoms with van der Waals surface area (Å²) in [4.78, 5) is 33.4. The van der Waals surface area contributed by atoms with E-state index >= 15 is 0 Å². The van der Waals surface area contributed by atoms with Gasteiger partial charge in [0, 0.05) is 13.0 Å². The lowest BCUT2D eigenvalue weighted by molar-refractivity contribution is -0.139. The molecule has 102 valence electrons. The predicted octanol–water partition coefficient (Wildman–Crippen LogP) is -0.620. The topological polar surface area (TPSA) is 108 Å². The molecule has 0 saturated carbocycles. The zero-order valence-corrected chi connectivity index (χ0v) is 10.9. The Kier molecular flexibility index (Phi) is 5.76. The summed E-state index contributed by atoms with van der Waals surface area (Å²) < 4.78 is 0. The molecular formula is C10H17N3O4S. The van der Waals surface area contributed by atoms with Gasteiger partial charge in [0.2, 0.25) is 5.91 Å². The van der Waals surface area contributed by atoms with Crippen LogP contribution in [0.25, 0.3) is 0 Å². The lowest BCUT2D eigenvalue weighted by atomic mass is 10.2. The first-order valence-electron chi connectivity index (χ1n) is 5.58. The number of rotatable bonds is 6. The zero-order chi connectivity index (χ0) is 13.5. The van der Waals surface area contributed by atoms with Crippen molar-refractivity contribution < 1.29 is 19.5 Å². The van der Waals surface area contributed by atoms with Crippen LogP contribution in [0.5, 0.6) is 0 Å². The second kappa shape index (κ2) is 7.10. The number of carboxylic acid groups (broad SMARTS) is 1. The number of carbonyl (C=O) groups excluding carboxylic acids is 2. The lowest BCUT2D eigenvalue weighted by Gasteiger charge is -2.16. The molecule has 1 aliphatic heterocycles. The Hall–Kier alpha value is -1.44. The van der Waals surface area contributed by atoms with E-state index < -0.39 is 18.0 Å². The summed E-state index contributed by atoms with van der Waals surface area (Å²) in [7, 11) is 0. The molecule has 18 heavy (non-hydrogen) atoms. The van der Waals surface area contributed by atoms with Crippen molar-refractivity contribution in [2.45, 2.75) is 24.9 Å². The van der Waals surface area contributed by atoms with Crippen molar-refractivity contribution in [2.24, 2.45) is 0 Å². The SMILES string of the molecule is CSCCC(NC(=O)NC1CNC(=O)C1)C(=O)O. The molecule has 1 fully saturated rings. The van der Waals surface area contributed by atoms with E-state index in [-0.39, 0.29) is 18.4 Å². The van der Waals surface area contributed by atoms with E-state index in [0.29, 0.717) is 18.7 Å². The first kappa shape index (κ1) is 14.6. The van der Waals surface area contributed by atoms with Crippen molar-refractivity contribution in [3.05, 3.63) is 0 Å². The fourth-order valence-corrected chi connectivity index (χ4v) is 2.06. The van der Waals surface area contributed by atoms with Crippen LogP contribution in [0.2, 0.25) is 0 Å². The molecule has 0 bridgehead atoms. The molecule has 0 aromatic carbocycles. The summed E-state index contributed by atoms with van der Waals surface area (Å²) in [5.74, 6) is -0.516. The molecule has 0 aliphatic carbocycles. The minimum absolute atomic E-state index is 0.113. The number of urea groups is 1. The minimum atomic E-state index is -1.06. The molecule has 1 rings (SSSR count). The van der Waals surface area contributed by atoms with Crippen molar-refractivity contribution >= 4 is 29.7 Å². The molecule has 3 amide bonds. The van der Waals surface area contributed by atoms with Gasteiger partial charge in [-0.1, -0.05) is 0 Å². The van der Waals surface area contributed by atoms with E-state index in [9.17, 15) is 14.4 Å². The normalized spacial score (nSPS) is 20.1. The molecule has 7 nitrogen and oxygen atoms in total. The second-order valence-electron chi connectivity index (χ2n) is 4.00. The van der Waals surface area contributed by atoms with E-state index in [1.165, 1.54) is 11.8 Å². The molecule has 0 aromatic heterocycles. The number of carbonyl (C=O) groups is 3. The number of carboxylic acids is 1. The highest BCUT2D eigenvalue weighted by Crippen LogP contribution is 2.02. The quantitative estimate of drug-likeness (QED) is 0.517. The number of hydrogen-bond acceptors (Lipinski definition) is 4. The van der Waals surface area contributed by atoms with Crippen LogP contribution in [-0.4, -0.2) is 53.7 Å². The molecule has 1 heterocycles. The predicted molar refractivity (Wildman–Crippen MR) is 67.5 cm³/mol. The Bertz CT molecular complexity index is 337. The summed E-state index contributed by atoms with van der Waals surface area (Å²) in [6.45, 7) is 0.384. The van der Waals surface area contributed by atoms with Gasteiger partial charge in [-0.25, -0.2) is 9.59 Å². The summed E-state index contributed by atoms with van der Waals surface area (Å²) >= 11 is 1.52. The number of thioether (sulfide) groups is 1. The fraction of sp³-hybridized carbons (Fsp3) is 0.700. The van der Waals surface area contributed by atoms with Crippen molar-refractivity contribution in [2.75, 3.05) is 18.6 Å². The largest absolute Gasteiger partial charge is 0.480 e. The summed E-state index contributed by atoms with van der Waals surface area (Å²) in [6, 6.07) is -1.72. The molecular weight excluding hydrogens is 258 g/mol. The Morgan fingerprint density at radius 1 is 1.61 bits per heavy atom. The van der Waals surface area contributed by atoms with Gasteiger partial charge in [-0.05, 0) is 18.4 Å². The third kappa shape index (κ3) is 4.82. The van der Waals surface area contributed by atoms with Gasteiger partial charge in [0.25, 0.3) is 0 Å². The lowest BCUT2D eigenvalue weighted by Crippen LogP contribution is -2.49. The van der Waals surface area contributed by atoms with Gasteiger partial charge in [-0.15, -0.1) is 0 Å². The van der Waals surface area contributed by atoms with Crippen LogP contribution < -0.4 is 16.0 Å². The third-order valence-electron chi connectivity index (χ3n) is 2.53. The van der Waals surface area contributed by atoms with Crippen LogP contribution >= 0.6 is 11.8 Å². The monoisotopic (exact) mass is 275 g/mol. The number of nitrogens with one attached hydrogen (secondary N) is 3. The fourth-order valence-electron chi connectivity index (χ4n) is 1.59. The Labute approximate surface area is 109 Å². The maximum absolute atomic E-state index is 11.6. The van der Waals surface area contributed by atoms with Crippen LogP contribution in [0, 0.1) is 0 Å². The van der Waals surface area contributed by atoms with Crippen LogP contribution in [-0.2, 0) is 9.59 Å². The molecule has 2 atom stereocenters. The first-order valence-corrected chi connectivity index (χ1v) is 6.97. The van der Waals surface area contributed by atoms with Crippen molar-refractivity contribution in [3.8, 4) is 0 Å². The van der Waals surface area contributed by atoms with Gasteiger partial charge in [-0.3, -0.25) is 4.79 Å². The van der Waals surface area contributed by atoms with Crippen LogP contribution in [0.3, 0.4) is 0 Å². The van der Waals surface area contributed by atoms with Gasteiger partial charge < -0.3 is 21.1 Å². The van der Waals surface area contributed by atoms with Crippen LogP contribution in [0.4, 0.5) is 4.79 Å². The van der Waals surface area contributed by atoms with E-state index in [2.05, 4.69) is 16.0 Å². The molecule has 0 aromatic rings. The standard InChI is InChI=1S/C10H17N3O4S/c1-18-3-2-7(9(15)16)13-10(17)12-6-4-8(14)11-5-6/h6-7H,2-5H2,1H3,(H,11,14)(H,15,16)(H2,12,13,17). The molecule has 4 N–H and O–H groups in total. The summed E-state index contributed by atoms with van der Waals surface area (Å²) in [5, 5.41) is 16.5. The number of aliphatic carboxylic acids is 1. The number of amides is 3. The van der Waals surface area contributed by atoms with Crippen LogP contribution in [0.1, 0.15) is 12.8 Å². The van der Waals surface area contributed by atoms with E-state index in [4.69, 9.17) is 5.11 Å². The van der Waals surface area contributed by atoms with Crippen molar-refractivity contribution in [3.63, 3.8) is 0 Å². The highest BCUT2D eigenvalue weighted by Gasteiger charge is 2.25. The van der Waals surface area contributed by atoms with E-state index in [0.717, 1.165) is 0 Å². The van der Waals surface area contributed by atoms with Gasteiger partial charge in [0.1, 0.15) is 6.04 Å². The highest BCUT2D eigenvalue weighted by molar-refractivity contribution is 7.98.